The molecule has 0 unspecified atom stereocenters. The molecular formula is C45H30N2O2S. The van der Waals surface area contributed by atoms with Crippen LogP contribution in [0.25, 0.3) is 42.1 Å². The number of thiophene rings is 1. The molecule has 8 aromatic rings. The molecule has 0 saturated heterocycles. The summed E-state index contributed by atoms with van der Waals surface area (Å²) in [6, 6.07) is 49.6. The Morgan fingerprint density at radius 3 is 1.80 bits per heavy atom. The average Bonchev–Trinajstić information content (AvgIpc) is 3.54. The summed E-state index contributed by atoms with van der Waals surface area (Å²) in [4.78, 5) is 31.8. The first-order valence-corrected chi connectivity index (χ1v) is 17.7. The lowest BCUT2D eigenvalue weighted by Gasteiger charge is -2.42. The third-order valence-corrected chi connectivity index (χ3v) is 11.7. The molecule has 2 amide bonds. The van der Waals surface area contributed by atoms with Crippen molar-refractivity contribution in [1.82, 2.24) is 0 Å². The van der Waals surface area contributed by atoms with E-state index in [1.54, 1.807) is 11.3 Å². The van der Waals surface area contributed by atoms with E-state index in [1.165, 1.54) is 42.2 Å². The van der Waals surface area contributed by atoms with Crippen molar-refractivity contribution in [2.24, 2.45) is 0 Å². The molecule has 0 aliphatic carbocycles. The fraction of sp³-hybridized carbons (Fsp3) is 0.0667. The molecule has 0 saturated carbocycles. The van der Waals surface area contributed by atoms with Gasteiger partial charge >= 0.3 is 0 Å². The summed E-state index contributed by atoms with van der Waals surface area (Å²) in [6.07, 6.45) is 0. The number of anilines is 4. The number of rotatable bonds is 3. The van der Waals surface area contributed by atoms with Crippen molar-refractivity contribution in [2.75, 3.05) is 9.80 Å². The lowest BCUT2D eigenvalue weighted by Crippen LogP contribution is -2.40. The zero-order chi connectivity index (χ0) is 33.7. The minimum absolute atomic E-state index is 0.160. The summed E-state index contributed by atoms with van der Waals surface area (Å²) in [5, 5.41) is 3.93. The lowest BCUT2D eigenvalue weighted by atomic mass is 9.73. The molecule has 0 spiro atoms. The summed E-state index contributed by atoms with van der Waals surface area (Å²) >= 11 is 1.79. The lowest BCUT2D eigenvalue weighted by molar-refractivity contribution is 0.0893. The molecule has 10 rings (SSSR count). The molecule has 3 heterocycles. The number of nitrogens with zero attached hydrogens (tertiary/aromatic N) is 2. The van der Waals surface area contributed by atoms with Crippen LogP contribution in [0.3, 0.4) is 0 Å². The molecule has 5 heteroatoms. The van der Waals surface area contributed by atoms with Crippen molar-refractivity contribution in [1.29, 1.82) is 0 Å². The van der Waals surface area contributed by atoms with Crippen molar-refractivity contribution in [2.45, 2.75) is 19.3 Å². The van der Waals surface area contributed by atoms with E-state index in [2.05, 4.69) is 110 Å². The molecule has 0 atom stereocenters. The molecule has 1 aromatic heterocycles. The van der Waals surface area contributed by atoms with Crippen molar-refractivity contribution in [3.63, 3.8) is 0 Å². The second kappa shape index (κ2) is 10.5. The Balaban J connectivity index is 1.24. The summed E-state index contributed by atoms with van der Waals surface area (Å²) in [5.41, 5.74) is 9.54. The zero-order valence-corrected chi connectivity index (χ0v) is 28.3. The number of hydrogen-bond donors (Lipinski definition) is 0. The predicted molar refractivity (Wildman–Crippen MR) is 207 cm³/mol. The maximum Gasteiger partial charge on any atom is 0.266 e. The molecule has 0 fully saturated rings. The van der Waals surface area contributed by atoms with Gasteiger partial charge in [0.2, 0.25) is 0 Å². The van der Waals surface area contributed by atoms with Gasteiger partial charge in [0.25, 0.3) is 11.8 Å². The van der Waals surface area contributed by atoms with Crippen molar-refractivity contribution in [3.8, 4) is 11.1 Å². The van der Waals surface area contributed by atoms with Crippen LogP contribution in [-0.4, -0.2) is 11.8 Å². The van der Waals surface area contributed by atoms with Crippen molar-refractivity contribution >= 4 is 76.8 Å². The average molecular weight is 663 g/mol. The van der Waals surface area contributed by atoms with Gasteiger partial charge in [-0.1, -0.05) is 98.8 Å². The molecule has 7 aromatic carbocycles. The van der Waals surface area contributed by atoms with E-state index < -0.39 is 0 Å². The Morgan fingerprint density at radius 2 is 1.06 bits per heavy atom. The molecule has 0 N–H and O–H groups in total. The Labute approximate surface area is 293 Å². The van der Waals surface area contributed by atoms with Gasteiger partial charge in [0.05, 0.1) is 22.7 Å². The molecule has 0 bridgehead atoms. The summed E-state index contributed by atoms with van der Waals surface area (Å²) < 4.78 is 2.38. The van der Waals surface area contributed by atoms with Gasteiger partial charge in [0.15, 0.2) is 0 Å². The van der Waals surface area contributed by atoms with E-state index >= 15 is 0 Å². The van der Waals surface area contributed by atoms with E-state index in [4.69, 9.17) is 0 Å². The fourth-order valence-corrected chi connectivity index (χ4v) is 9.43. The topological polar surface area (TPSA) is 40.6 Å². The molecule has 2 aliphatic heterocycles. The van der Waals surface area contributed by atoms with Gasteiger partial charge in [-0.25, -0.2) is 4.90 Å². The minimum Gasteiger partial charge on any atom is -0.309 e. The Kier molecular flexibility index (Phi) is 6.06. The highest BCUT2D eigenvalue weighted by Crippen LogP contribution is 2.55. The molecular weight excluding hydrogens is 633 g/mol. The summed E-state index contributed by atoms with van der Waals surface area (Å²) in [5.74, 6) is -0.605. The Morgan fingerprint density at radius 1 is 0.480 bits per heavy atom. The normalized spacial score (nSPS) is 14.8. The van der Waals surface area contributed by atoms with Crippen LogP contribution in [0.15, 0.2) is 146 Å². The van der Waals surface area contributed by atoms with E-state index in [0.29, 0.717) is 22.2 Å². The van der Waals surface area contributed by atoms with Crippen molar-refractivity contribution in [3.05, 3.63) is 168 Å². The van der Waals surface area contributed by atoms with Gasteiger partial charge in [-0.3, -0.25) is 9.59 Å². The van der Waals surface area contributed by atoms with E-state index in [1.807, 2.05) is 54.6 Å². The Bertz CT molecular complexity index is 2690. The summed E-state index contributed by atoms with van der Waals surface area (Å²) in [6.45, 7) is 4.62. The standard InChI is InChI=1S/C45H30N2O2S/c1-45(2)33-18-6-8-20-35(33)47(36-21-9-7-19-34(36)45)37-22-12-24-39-42(37)41-30(16-11-23-38(41)50-39)28-25-27-13-10-17-31-40(27)32(26-28)44(49)46(43(31)48)29-14-4-3-5-15-29/h3-26H,1-2H3. The highest BCUT2D eigenvalue weighted by atomic mass is 32.1. The number of amides is 2. The Hall–Kier alpha value is -6.04. The largest absolute Gasteiger partial charge is 0.309 e. The van der Waals surface area contributed by atoms with Gasteiger partial charge in [-0.15, -0.1) is 11.3 Å². The van der Waals surface area contributed by atoms with Gasteiger partial charge in [0, 0.05) is 42.1 Å². The van der Waals surface area contributed by atoms with E-state index in [0.717, 1.165) is 27.6 Å². The molecule has 2 aliphatic rings. The second-order valence-corrected chi connectivity index (χ2v) is 14.7. The van der Waals surface area contributed by atoms with E-state index in [9.17, 15) is 9.59 Å². The number of fused-ring (bicyclic) bond motifs is 5. The van der Waals surface area contributed by atoms with Gasteiger partial charge in [-0.2, -0.15) is 0 Å². The zero-order valence-electron chi connectivity index (χ0n) is 27.5. The molecule has 50 heavy (non-hydrogen) atoms. The fourth-order valence-electron chi connectivity index (χ4n) is 8.28. The van der Waals surface area contributed by atoms with Crippen LogP contribution in [-0.2, 0) is 5.41 Å². The minimum atomic E-state index is -0.307. The van der Waals surface area contributed by atoms with Crippen LogP contribution in [0, 0.1) is 0 Å². The molecule has 4 nitrogen and oxygen atoms in total. The van der Waals surface area contributed by atoms with Crippen LogP contribution in [0.2, 0.25) is 0 Å². The van der Waals surface area contributed by atoms with Gasteiger partial charge in [-0.05, 0) is 88.3 Å². The van der Waals surface area contributed by atoms with Crippen LogP contribution in [0.5, 0.6) is 0 Å². The number of carbonyl (C=O) groups excluding carboxylic acids is 2. The number of para-hydroxylation sites is 3. The van der Waals surface area contributed by atoms with Gasteiger partial charge < -0.3 is 4.90 Å². The SMILES string of the molecule is CC1(C)c2ccccc2N(c2cccc3sc4cccc(-c5cc6c7c(cccc7c5)C(=O)N(c5ccccc5)C6=O)c4c23)c2ccccc21. The molecule has 238 valence electrons. The number of benzene rings is 7. The molecule has 0 radical (unpaired) electrons. The smallest absolute Gasteiger partial charge is 0.266 e. The highest BCUT2D eigenvalue weighted by Gasteiger charge is 2.38. The van der Waals surface area contributed by atoms with E-state index in [-0.39, 0.29) is 17.2 Å². The van der Waals surface area contributed by atoms with Gasteiger partial charge in [0.1, 0.15) is 0 Å². The number of hydrogen-bond acceptors (Lipinski definition) is 4. The third kappa shape index (κ3) is 3.92. The van der Waals surface area contributed by atoms with Crippen molar-refractivity contribution < 1.29 is 9.59 Å². The third-order valence-electron chi connectivity index (χ3n) is 10.5. The first-order valence-electron chi connectivity index (χ1n) is 16.9. The van der Waals surface area contributed by atoms with Crippen LogP contribution in [0.4, 0.5) is 22.7 Å². The van der Waals surface area contributed by atoms with Crippen LogP contribution < -0.4 is 9.80 Å². The first-order chi connectivity index (χ1) is 24.4. The monoisotopic (exact) mass is 662 g/mol. The number of imide groups is 1. The quantitative estimate of drug-likeness (QED) is 0.177. The predicted octanol–water partition coefficient (Wildman–Crippen LogP) is 11.8. The maximum absolute atomic E-state index is 14.3. The maximum atomic E-state index is 14.3. The summed E-state index contributed by atoms with van der Waals surface area (Å²) in [7, 11) is 0. The van der Waals surface area contributed by atoms with Crippen LogP contribution in [0.1, 0.15) is 45.7 Å². The van der Waals surface area contributed by atoms with Crippen LogP contribution >= 0.6 is 11.3 Å². The highest BCUT2D eigenvalue weighted by molar-refractivity contribution is 7.26. The first kappa shape index (κ1) is 28.9. The second-order valence-electron chi connectivity index (χ2n) is 13.6. The number of carbonyl (C=O) groups is 2.